The van der Waals surface area contributed by atoms with E-state index in [4.69, 9.17) is 11.6 Å². The molecule has 112 valence electrons. The van der Waals surface area contributed by atoms with Crippen molar-refractivity contribution >= 4 is 17.3 Å². The van der Waals surface area contributed by atoms with Crippen LogP contribution in [0.1, 0.15) is 17.0 Å². The van der Waals surface area contributed by atoms with E-state index in [9.17, 15) is 0 Å². The van der Waals surface area contributed by atoms with E-state index in [1.807, 2.05) is 37.4 Å². The number of rotatable bonds is 5. The molecule has 0 saturated carbocycles. The molecule has 3 rings (SSSR count). The van der Waals surface area contributed by atoms with Crippen LogP contribution in [0.4, 0.5) is 5.69 Å². The summed E-state index contributed by atoms with van der Waals surface area (Å²) < 4.78 is 2.08. The molecule has 0 amide bonds. The van der Waals surface area contributed by atoms with Gasteiger partial charge in [-0.1, -0.05) is 48.0 Å². The molecular weight excluding hydrogens is 294 g/mol. The van der Waals surface area contributed by atoms with Gasteiger partial charge in [-0.15, -0.1) is 0 Å². The first kappa shape index (κ1) is 14.7. The maximum atomic E-state index is 6.41. The number of nitrogens with zero attached hydrogens (tertiary/aromatic N) is 2. The van der Waals surface area contributed by atoms with Crippen LogP contribution in [0.3, 0.4) is 0 Å². The lowest BCUT2D eigenvalue weighted by Crippen LogP contribution is -2.03. The van der Waals surface area contributed by atoms with E-state index in [1.54, 1.807) is 6.20 Å². The topological polar surface area (TPSA) is 29.9 Å². The van der Waals surface area contributed by atoms with E-state index in [1.165, 1.54) is 5.56 Å². The normalized spacial score (nSPS) is 10.6. The molecule has 22 heavy (non-hydrogen) atoms. The van der Waals surface area contributed by atoms with Crippen LogP contribution in [0.5, 0.6) is 0 Å². The maximum Gasteiger partial charge on any atom is 0.105 e. The summed E-state index contributed by atoms with van der Waals surface area (Å²) in [5.74, 6) is 0.988. The van der Waals surface area contributed by atoms with Crippen LogP contribution in [0, 0.1) is 6.92 Å². The highest BCUT2D eigenvalue weighted by molar-refractivity contribution is 6.31. The number of hydrogen-bond donors (Lipinski definition) is 1. The molecule has 0 radical (unpaired) electrons. The van der Waals surface area contributed by atoms with Crippen molar-refractivity contribution in [3.63, 3.8) is 0 Å². The lowest BCUT2D eigenvalue weighted by atomic mass is 10.2. The van der Waals surface area contributed by atoms with Gasteiger partial charge in [0, 0.05) is 29.6 Å². The first-order valence-corrected chi connectivity index (χ1v) is 7.64. The number of benzene rings is 2. The second-order valence-corrected chi connectivity index (χ2v) is 5.65. The van der Waals surface area contributed by atoms with Gasteiger partial charge in [0.25, 0.3) is 0 Å². The number of anilines is 1. The van der Waals surface area contributed by atoms with Crippen LogP contribution in [0.15, 0.2) is 60.9 Å². The quantitative estimate of drug-likeness (QED) is 0.751. The average molecular weight is 312 g/mol. The Labute approximate surface area is 135 Å². The minimum Gasteiger partial charge on any atom is -0.381 e. The molecule has 0 bridgehead atoms. The van der Waals surface area contributed by atoms with Gasteiger partial charge < -0.3 is 9.88 Å². The van der Waals surface area contributed by atoms with E-state index < -0.39 is 0 Å². The largest absolute Gasteiger partial charge is 0.381 e. The van der Waals surface area contributed by atoms with Gasteiger partial charge >= 0.3 is 0 Å². The number of imidazole rings is 1. The molecule has 1 heterocycles. The van der Waals surface area contributed by atoms with Gasteiger partial charge in [-0.25, -0.2) is 4.98 Å². The second kappa shape index (κ2) is 6.67. The van der Waals surface area contributed by atoms with Gasteiger partial charge in [-0.05, 0) is 30.2 Å². The van der Waals surface area contributed by atoms with E-state index in [2.05, 4.69) is 39.1 Å². The maximum absolute atomic E-state index is 6.41. The summed E-state index contributed by atoms with van der Waals surface area (Å²) in [5.41, 5.74) is 3.37. The molecule has 0 fully saturated rings. The van der Waals surface area contributed by atoms with E-state index >= 15 is 0 Å². The molecule has 3 aromatic rings. The molecule has 0 aliphatic heterocycles. The van der Waals surface area contributed by atoms with Crippen LogP contribution in [-0.2, 0) is 13.1 Å². The van der Waals surface area contributed by atoms with Crippen molar-refractivity contribution < 1.29 is 0 Å². The SMILES string of the molecule is Cc1nccn1Cc1ccc(NCc2ccccc2)cc1Cl. The fraction of sp³-hybridized carbons (Fsp3) is 0.167. The highest BCUT2D eigenvalue weighted by Gasteiger charge is 2.05. The molecule has 0 unspecified atom stereocenters. The van der Waals surface area contributed by atoms with Gasteiger partial charge in [0.05, 0.1) is 6.54 Å². The van der Waals surface area contributed by atoms with Gasteiger partial charge in [0.1, 0.15) is 5.82 Å². The van der Waals surface area contributed by atoms with Crippen molar-refractivity contribution in [1.82, 2.24) is 9.55 Å². The average Bonchev–Trinajstić information content (AvgIpc) is 2.94. The molecule has 3 nitrogen and oxygen atoms in total. The summed E-state index contributed by atoms with van der Waals surface area (Å²) in [6, 6.07) is 16.4. The smallest absolute Gasteiger partial charge is 0.105 e. The highest BCUT2D eigenvalue weighted by Crippen LogP contribution is 2.22. The predicted octanol–water partition coefficient (Wildman–Crippen LogP) is 4.51. The Morgan fingerprint density at radius 3 is 2.64 bits per heavy atom. The highest BCUT2D eigenvalue weighted by atomic mass is 35.5. The third-order valence-corrected chi connectivity index (χ3v) is 4.01. The molecule has 0 aliphatic carbocycles. The Bertz CT molecular complexity index is 750. The summed E-state index contributed by atoms with van der Waals surface area (Å²) in [6.07, 6.45) is 3.77. The summed E-state index contributed by atoms with van der Waals surface area (Å²) >= 11 is 6.41. The molecular formula is C18H18ClN3. The zero-order valence-electron chi connectivity index (χ0n) is 12.5. The van der Waals surface area contributed by atoms with Gasteiger partial charge in [0.15, 0.2) is 0 Å². The fourth-order valence-electron chi connectivity index (χ4n) is 2.34. The standard InChI is InChI=1S/C18H18ClN3/c1-14-20-9-10-22(14)13-16-7-8-17(11-18(16)19)21-12-15-5-3-2-4-6-15/h2-11,21H,12-13H2,1H3. The van der Waals surface area contributed by atoms with Crippen LogP contribution in [-0.4, -0.2) is 9.55 Å². The number of hydrogen-bond acceptors (Lipinski definition) is 2. The van der Waals surface area contributed by atoms with Crippen molar-refractivity contribution in [2.24, 2.45) is 0 Å². The summed E-state index contributed by atoms with van der Waals surface area (Å²) in [6.45, 7) is 3.52. The molecule has 1 N–H and O–H groups in total. The van der Waals surface area contributed by atoms with Gasteiger partial charge in [-0.3, -0.25) is 0 Å². The first-order chi connectivity index (χ1) is 10.7. The van der Waals surface area contributed by atoms with E-state index in [-0.39, 0.29) is 0 Å². The van der Waals surface area contributed by atoms with Crippen molar-refractivity contribution in [3.05, 3.63) is 82.9 Å². The zero-order valence-corrected chi connectivity index (χ0v) is 13.2. The van der Waals surface area contributed by atoms with E-state index in [0.717, 1.165) is 35.2 Å². The summed E-state index contributed by atoms with van der Waals surface area (Å²) in [5, 5.41) is 4.17. The molecule has 0 aliphatic rings. The fourth-order valence-corrected chi connectivity index (χ4v) is 2.58. The minimum atomic E-state index is 0.740. The Morgan fingerprint density at radius 2 is 1.95 bits per heavy atom. The number of aryl methyl sites for hydroxylation is 1. The molecule has 0 spiro atoms. The second-order valence-electron chi connectivity index (χ2n) is 5.25. The third kappa shape index (κ3) is 3.49. The Morgan fingerprint density at radius 1 is 1.14 bits per heavy atom. The van der Waals surface area contributed by atoms with Crippen molar-refractivity contribution in [2.75, 3.05) is 5.32 Å². The van der Waals surface area contributed by atoms with E-state index in [0.29, 0.717) is 0 Å². The van der Waals surface area contributed by atoms with Crippen molar-refractivity contribution in [2.45, 2.75) is 20.0 Å². The Kier molecular flexibility index (Phi) is 4.45. The molecule has 0 atom stereocenters. The zero-order chi connectivity index (χ0) is 15.4. The summed E-state index contributed by atoms with van der Waals surface area (Å²) in [7, 11) is 0. The molecule has 0 saturated heterocycles. The molecule has 1 aromatic heterocycles. The number of aromatic nitrogens is 2. The summed E-state index contributed by atoms with van der Waals surface area (Å²) in [4.78, 5) is 4.23. The van der Waals surface area contributed by atoms with Crippen molar-refractivity contribution in [1.29, 1.82) is 0 Å². The lowest BCUT2D eigenvalue weighted by Gasteiger charge is -2.11. The van der Waals surface area contributed by atoms with Crippen LogP contribution < -0.4 is 5.32 Å². The van der Waals surface area contributed by atoms with Gasteiger partial charge in [0.2, 0.25) is 0 Å². The Hall–Kier alpha value is -2.26. The monoisotopic (exact) mass is 311 g/mol. The van der Waals surface area contributed by atoms with Crippen molar-refractivity contribution in [3.8, 4) is 0 Å². The van der Waals surface area contributed by atoms with Gasteiger partial charge in [-0.2, -0.15) is 0 Å². The van der Waals surface area contributed by atoms with Crippen LogP contribution >= 0.6 is 11.6 Å². The number of nitrogens with one attached hydrogen (secondary N) is 1. The van der Waals surface area contributed by atoms with Crippen LogP contribution in [0.25, 0.3) is 0 Å². The third-order valence-electron chi connectivity index (χ3n) is 3.66. The predicted molar refractivity (Wildman–Crippen MR) is 91.3 cm³/mol. The lowest BCUT2D eigenvalue weighted by molar-refractivity contribution is 0.762. The van der Waals surface area contributed by atoms with Crippen LogP contribution in [0.2, 0.25) is 5.02 Å². The minimum absolute atomic E-state index is 0.740. The number of halogens is 1. The molecule has 2 aromatic carbocycles. The first-order valence-electron chi connectivity index (χ1n) is 7.26. The molecule has 4 heteroatoms. The Balaban J connectivity index is 1.68.